The quantitative estimate of drug-likeness (QED) is 0.740. The number of alkyl halides is 1. The van der Waals surface area contributed by atoms with E-state index >= 15 is 0 Å². The van der Waals surface area contributed by atoms with Crippen molar-refractivity contribution in [3.63, 3.8) is 0 Å². The molecule has 0 bridgehead atoms. The standard InChI is InChI=1S/C13H21BrN2O2/c1-9(2)11(14)13(18)16-7-5-15(6-8-16)12(17)10-3-4-10/h9-11H,3-8H2,1-2H3. The minimum Gasteiger partial charge on any atom is -0.339 e. The lowest BCUT2D eigenvalue weighted by Gasteiger charge is -2.36. The number of carbonyl (C=O) groups is 2. The summed E-state index contributed by atoms with van der Waals surface area (Å²) in [6.45, 7) is 6.80. The van der Waals surface area contributed by atoms with Crippen LogP contribution >= 0.6 is 15.9 Å². The Bertz CT molecular complexity index is 334. The molecule has 5 heteroatoms. The highest BCUT2D eigenvalue weighted by atomic mass is 79.9. The summed E-state index contributed by atoms with van der Waals surface area (Å²) in [4.78, 5) is 27.7. The van der Waals surface area contributed by atoms with Crippen molar-refractivity contribution in [2.75, 3.05) is 26.2 Å². The van der Waals surface area contributed by atoms with Gasteiger partial charge in [-0.2, -0.15) is 0 Å². The summed E-state index contributed by atoms with van der Waals surface area (Å²) in [6, 6.07) is 0. The Labute approximate surface area is 117 Å². The third-order valence-corrected chi connectivity index (χ3v) is 5.10. The Morgan fingerprint density at radius 1 is 1.06 bits per heavy atom. The van der Waals surface area contributed by atoms with Crippen LogP contribution in [0.15, 0.2) is 0 Å². The van der Waals surface area contributed by atoms with Gasteiger partial charge in [0.05, 0.1) is 4.83 Å². The van der Waals surface area contributed by atoms with Crippen molar-refractivity contribution in [1.29, 1.82) is 0 Å². The highest BCUT2D eigenvalue weighted by molar-refractivity contribution is 9.10. The van der Waals surface area contributed by atoms with Crippen LogP contribution in [0.3, 0.4) is 0 Å². The number of carbonyl (C=O) groups excluding carboxylic acids is 2. The molecule has 2 rings (SSSR count). The number of amides is 2. The molecular weight excluding hydrogens is 296 g/mol. The van der Waals surface area contributed by atoms with Crippen LogP contribution in [0.5, 0.6) is 0 Å². The maximum Gasteiger partial charge on any atom is 0.236 e. The summed E-state index contributed by atoms with van der Waals surface area (Å²) in [6.07, 6.45) is 2.10. The van der Waals surface area contributed by atoms with E-state index in [2.05, 4.69) is 15.9 Å². The molecule has 1 aliphatic heterocycles. The lowest BCUT2D eigenvalue weighted by atomic mass is 10.1. The fourth-order valence-corrected chi connectivity index (χ4v) is 2.48. The third-order valence-electron chi connectivity index (χ3n) is 3.65. The lowest BCUT2D eigenvalue weighted by molar-refractivity contribution is -0.140. The fourth-order valence-electron chi connectivity index (χ4n) is 2.20. The van der Waals surface area contributed by atoms with Crippen LogP contribution in [0.25, 0.3) is 0 Å². The largest absolute Gasteiger partial charge is 0.339 e. The van der Waals surface area contributed by atoms with Gasteiger partial charge in [-0.25, -0.2) is 0 Å². The van der Waals surface area contributed by atoms with E-state index in [1.165, 1.54) is 0 Å². The predicted octanol–water partition coefficient (Wildman–Crippen LogP) is 1.49. The Kier molecular flexibility index (Phi) is 4.30. The number of hydrogen-bond donors (Lipinski definition) is 0. The van der Waals surface area contributed by atoms with Crippen molar-refractivity contribution in [3.05, 3.63) is 0 Å². The van der Waals surface area contributed by atoms with E-state index in [1.54, 1.807) is 0 Å². The maximum absolute atomic E-state index is 12.1. The van der Waals surface area contributed by atoms with Crippen molar-refractivity contribution in [3.8, 4) is 0 Å². The van der Waals surface area contributed by atoms with Crippen molar-refractivity contribution in [2.24, 2.45) is 11.8 Å². The average molecular weight is 317 g/mol. The molecule has 2 aliphatic rings. The number of rotatable bonds is 3. The molecule has 4 nitrogen and oxygen atoms in total. The molecule has 1 aliphatic carbocycles. The van der Waals surface area contributed by atoms with Gasteiger partial charge in [-0.15, -0.1) is 0 Å². The van der Waals surface area contributed by atoms with Gasteiger partial charge < -0.3 is 9.80 Å². The third kappa shape index (κ3) is 3.05. The molecule has 0 N–H and O–H groups in total. The number of nitrogens with zero attached hydrogens (tertiary/aromatic N) is 2. The smallest absolute Gasteiger partial charge is 0.236 e. The van der Waals surface area contributed by atoms with Crippen molar-refractivity contribution >= 4 is 27.7 Å². The zero-order valence-corrected chi connectivity index (χ0v) is 12.6. The Hall–Kier alpha value is -0.580. The maximum atomic E-state index is 12.1. The molecule has 18 heavy (non-hydrogen) atoms. The van der Waals surface area contributed by atoms with Gasteiger partial charge >= 0.3 is 0 Å². The van der Waals surface area contributed by atoms with Crippen molar-refractivity contribution in [2.45, 2.75) is 31.5 Å². The first kappa shape index (κ1) is 13.8. The molecule has 0 spiro atoms. The van der Waals surface area contributed by atoms with E-state index in [1.807, 2.05) is 23.6 Å². The van der Waals surface area contributed by atoms with Gasteiger partial charge in [-0.1, -0.05) is 29.8 Å². The summed E-state index contributed by atoms with van der Waals surface area (Å²) in [5, 5.41) is 0. The highest BCUT2D eigenvalue weighted by Crippen LogP contribution is 2.31. The second-order valence-corrected chi connectivity index (χ2v) is 6.56. The zero-order valence-electron chi connectivity index (χ0n) is 11.1. The monoisotopic (exact) mass is 316 g/mol. The summed E-state index contributed by atoms with van der Waals surface area (Å²) in [5.41, 5.74) is 0. The minimum atomic E-state index is -0.108. The summed E-state index contributed by atoms with van der Waals surface area (Å²) in [5.74, 6) is 1.03. The first-order chi connectivity index (χ1) is 8.50. The molecule has 1 heterocycles. The molecule has 2 fully saturated rings. The van der Waals surface area contributed by atoms with Crippen molar-refractivity contribution < 1.29 is 9.59 Å². The van der Waals surface area contributed by atoms with E-state index in [-0.39, 0.29) is 16.7 Å². The number of piperazine rings is 1. The van der Waals surface area contributed by atoms with Crippen LogP contribution in [0.4, 0.5) is 0 Å². The fraction of sp³-hybridized carbons (Fsp3) is 0.846. The van der Waals surface area contributed by atoms with Gasteiger partial charge in [-0.05, 0) is 18.8 Å². The second kappa shape index (κ2) is 5.59. The minimum absolute atomic E-state index is 0.108. The first-order valence-electron chi connectivity index (χ1n) is 6.72. The van der Waals surface area contributed by atoms with Gasteiger partial charge in [0.2, 0.25) is 11.8 Å². The van der Waals surface area contributed by atoms with E-state index < -0.39 is 0 Å². The Morgan fingerprint density at radius 3 is 2.00 bits per heavy atom. The van der Waals surface area contributed by atoms with E-state index in [4.69, 9.17) is 0 Å². The predicted molar refractivity (Wildman–Crippen MR) is 73.4 cm³/mol. The molecule has 102 valence electrons. The Balaban J connectivity index is 1.82. The van der Waals surface area contributed by atoms with Crippen LogP contribution < -0.4 is 0 Å². The summed E-state index contributed by atoms with van der Waals surface area (Å²) in [7, 11) is 0. The molecular formula is C13H21BrN2O2. The highest BCUT2D eigenvalue weighted by Gasteiger charge is 2.35. The molecule has 2 amide bonds. The number of hydrogen-bond acceptors (Lipinski definition) is 2. The van der Waals surface area contributed by atoms with Crippen LogP contribution in [-0.4, -0.2) is 52.6 Å². The molecule has 0 aromatic carbocycles. The molecule has 0 radical (unpaired) electrons. The topological polar surface area (TPSA) is 40.6 Å². The van der Waals surface area contributed by atoms with Gasteiger partial charge in [0.25, 0.3) is 0 Å². The van der Waals surface area contributed by atoms with Crippen molar-refractivity contribution in [1.82, 2.24) is 9.80 Å². The molecule has 1 atom stereocenters. The van der Waals surface area contributed by atoms with Crippen LogP contribution in [0, 0.1) is 11.8 Å². The molecule has 0 aromatic heterocycles. The second-order valence-electron chi connectivity index (χ2n) is 5.57. The van der Waals surface area contributed by atoms with Crippen LogP contribution in [0.1, 0.15) is 26.7 Å². The zero-order chi connectivity index (χ0) is 13.3. The average Bonchev–Trinajstić information content (AvgIpc) is 3.20. The van der Waals surface area contributed by atoms with E-state index in [0.717, 1.165) is 12.8 Å². The van der Waals surface area contributed by atoms with Gasteiger partial charge in [0, 0.05) is 32.1 Å². The molecule has 0 aromatic rings. The molecule has 1 saturated carbocycles. The molecule has 1 saturated heterocycles. The lowest BCUT2D eigenvalue weighted by Crippen LogP contribution is -2.53. The number of halogens is 1. The van der Waals surface area contributed by atoms with Crippen LogP contribution in [0.2, 0.25) is 0 Å². The first-order valence-corrected chi connectivity index (χ1v) is 7.64. The summed E-state index contributed by atoms with van der Waals surface area (Å²) >= 11 is 3.45. The van der Waals surface area contributed by atoms with Gasteiger partial charge in [0.1, 0.15) is 0 Å². The van der Waals surface area contributed by atoms with Gasteiger partial charge in [-0.3, -0.25) is 9.59 Å². The summed E-state index contributed by atoms with van der Waals surface area (Å²) < 4.78 is 0. The van der Waals surface area contributed by atoms with E-state index in [9.17, 15) is 9.59 Å². The molecule has 1 unspecified atom stereocenters. The van der Waals surface area contributed by atoms with E-state index in [0.29, 0.717) is 38.0 Å². The SMILES string of the molecule is CC(C)C(Br)C(=O)N1CCN(C(=O)C2CC2)CC1. The Morgan fingerprint density at radius 2 is 1.56 bits per heavy atom. The van der Waals surface area contributed by atoms with Crippen LogP contribution in [-0.2, 0) is 9.59 Å². The van der Waals surface area contributed by atoms with Gasteiger partial charge in [0.15, 0.2) is 0 Å². The normalized spacial score (nSPS) is 22.2.